The fraction of sp³-hybridized carbons (Fsp3) is 0.667. The van der Waals surface area contributed by atoms with E-state index in [1.807, 2.05) is 0 Å². The van der Waals surface area contributed by atoms with Crippen molar-refractivity contribution in [3.05, 3.63) is 0 Å². The van der Waals surface area contributed by atoms with Gasteiger partial charge in [0.05, 0.1) is 17.0 Å². The van der Waals surface area contributed by atoms with Crippen LogP contribution in [0.2, 0.25) is 0 Å². The molecule has 0 saturated heterocycles. The Labute approximate surface area is 99.5 Å². The summed E-state index contributed by atoms with van der Waals surface area (Å²) in [5.41, 5.74) is 11.9. The number of primary amides is 3. The van der Waals surface area contributed by atoms with Crippen LogP contribution in [0.4, 0.5) is 0 Å². The van der Waals surface area contributed by atoms with Crippen LogP contribution in [0.15, 0.2) is 0 Å². The van der Waals surface area contributed by atoms with Gasteiger partial charge in [0.2, 0.25) is 17.7 Å². The van der Waals surface area contributed by atoms with Gasteiger partial charge in [-0.2, -0.15) is 0 Å². The molecule has 3 amide bonds. The van der Waals surface area contributed by atoms with Crippen molar-refractivity contribution >= 4 is 24.9 Å². The Morgan fingerprint density at radius 1 is 0.765 bits per heavy atom. The van der Waals surface area contributed by atoms with Crippen molar-refractivity contribution in [3.63, 3.8) is 0 Å². The van der Waals surface area contributed by atoms with Crippen molar-refractivity contribution < 1.29 is 18.9 Å². The Kier molecular flexibility index (Phi) is 4.89. The summed E-state index contributed by atoms with van der Waals surface area (Å²) < 4.78 is 12.7. The summed E-state index contributed by atoms with van der Waals surface area (Å²) in [6, 6.07) is 0. The lowest BCUT2D eigenvalue weighted by molar-refractivity contribution is -0.117. The Hall–Kier alpha value is -1.36. The molecule has 0 rings (SSSR count). The minimum absolute atomic E-state index is 0.852. The maximum atomic E-state index is 12.7. The van der Waals surface area contributed by atoms with Gasteiger partial charge < -0.3 is 21.8 Å². The van der Waals surface area contributed by atoms with E-state index in [1.54, 1.807) is 0 Å². The van der Waals surface area contributed by atoms with Crippen molar-refractivity contribution in [1.82, 2.24) is 0 Å². The molecule has 0 aliphatic rings. The Balaban J connectivity index is 5.68. The molecule has 0 spiro atoms. The highest BCUT2D eigenvalue weighted by Crippen LogP contribution is 2.59. The van der Waals surface area contributed by atoms with Crippen molar-refractivity contribution in [2.45, 2.75) is 37.7 Å². The first-order valence-electron chi connectivity index (χ1n) is 5.03. The van der Waals surface area contributed by atoms with Crippen LogP contribution in [0, 0.1) is 0 Å². The number of nitrogens with two attached hydrogens (primary N) is 3. The monoisotopic (exact) mass is 263 g/mol. The van der Waals surface area contributed by atoms with E-state index < -0.39 is 41.8 Å². The van der Waals surface area contributed by atoms with Gasteiger partial charge in [-0.3, -0.25) is 14.4 Å². The molecule has 0 aromatic heterocycles. The molecule has 0 aliphatic carbocycles. The fourth-order valence-electron chi connectivity index (χ4n) is 1.60. The zero-order valence-corrected chi connectivity index (χ0v) is 10.9. The van der Waals surface area contributed by atoms with Crippen LogP contribution in [0.5, 0.6) is 0 Å². The smallest absolute Gasteiger partial charge is 0.227 e. The molecular formula is C9H18N3O4P. The first kappa shape index (κ1) is 15.6. The van der Waals surface area contributed by atoms with E-state index >= 15 is 0 Å². The molecule has 3 unspecified atom stereocenters. The minimum atomic E-state index is -3.58. The van der Waals surface area contributed by atoms with Gasteiger partial charge in [0, 0.05) is 0 Å². The van der Waals surface area contributed by atoms with Gasteiger partial charge >= 0.3 is 0 Å². The van der Waals surface area contributed by atoms with Crippen LogP contribution < -0.4 is 17.2 Å². The van der Waals surface area contributed by atoms with Gasteiger partial charge in [0.1, 0.15) is 7.14 Å². The molecule has 0 aliphatic heterocycles. The molecule has 0 heterocycles. The average Bonchev–Trinajstić information content (AvgIpc) is 2.24. The van der Waals surface area contributed by atoms with Crippen LogP contribution in [0.3, 0.4) is 0 Å². The molecule has 0 aromatic carbocycles. The highest BCUT2D eigenvalue weighted by Gasteiger charge is 2.47. The molecule has 0 saturated carbocycles. The highest BCUT2D eigenvalue weighted by molar-refractivity contribution is 7.68. The molecule has 7 nitrogen and oxygen atoms in total. The summed E-state index contributed by atoms with van der Waals surface area (Å²) in [7, 11) is -3.58. The predicted molar refractivity (Wildman–Crippen MR) is 63.6 cm³/mol. The predicted octanol–water partition coefficient (Wildman–Crippen LogP) is -1.03. The summed E-state index contributed by atoms with van der Waals surface area (Å²) in [5.74, 6) is -2.56. The van der Waals surface area contributed by atoms with E-state index in [0.29, 0.717) is 0 Å². The third-order valence-electron chi connectivity index (χ3n) is 3.05. The van der Waals surface area contributed by atoms with Gasteiger partial charge in [-0.05, 0) is 20.8 Å². The maximum absolute atomic E-state index is 12.7. The van der Waals surface area contributed by atoms with E-state index in [0.717, 1.165) is 0 Å². The minimum Gasteiger partial charge on any atom is -0.369 e. The molecule has 6 N–H and O–H groups in total. The summed E-state index contributed by atoms with van der Waals surface area (Å²) >= 11 is 0. The van der Waals surface area contributed by atoms with E-state index in [1.165, 1.54) is 20.8 Å². The largest absolute Gasteiger partial charge is 0.369 e. The number of hydrogen-bond donors (Lipinski definition) is 3. The highest BCUT2D eigenvalue weighted by atomic mass is 31.2. The second-order valence-electron chi connectivity index (χ2n) is 4.00. The lowest BCUT2D eigenvalue weighted by atomic mass is 10.4. The summed E-state index contributed by atoms with van der Waals surface area (Å²) in [6.45, 7) is 3.92. The summed E-state index contributed by atoms with van der Waals surface area (Å²) in [6.07, 6.45) is 0. The number of carbonyl (C=O) groups is 3. The third kappa shape index (κ3) is 2.85. The van der Waals surface area contributed by atoms with Gasteiger partial charge in [-0.1, -0.05) is 0 Å². The molecule has 0 fully saturated rings. The molecule has 3 atom stereocenters. The molecule has 17 heavy (non-hydrogen) atoms. The van der Waals surface area contributed by atoms with E-state index in [9.17, 15) is 18.9 Å². The van der Waals surface area contributed by atoms with E-state index in [2.05, 4.69) is 0 Å². The molecule has 8 heteroatoms. The van der Waals surface area contributed by atoms with Crippen LogP contribution >= 0.6 is 7.14 Å². The van der Waals surface area contributed by atoms with Crippen molar-refractivity contribution in [3.8, 4) is 0 Å². The molecule has 0 aromatic rings. The van der Waals surface area contributed by atoms with Gasteiger partial charge in [-0.25, -0.2) is 0 Å². The van der Waals surface area contributed by atoms with Crippen LogP contribution in [0.25, 0.3) is 0 Å². The first-order chi connectivity index (χ1) is 7.56. The number of carbonyl (C=O) groups excluding carboxylic acids is 3. The Morgan fingerprint density at radius 3 is 1.06 bits per heavy atom. The second kappa shape index (κ2) is 5.31. The fourth-order valence-corrected chi connectivity index (χ4v) is 4.81. The van der Waals surface area contributed by atoms with Crippen molar-refractivity contribution in [1.29, 1.82) is 0 Å². The van der Waals surface area contributed by atoms with Crippen LogP contribution in [0.1, 0.15) is 20.8 Å². The topological polar surface area (TPSA) is 146 Å². The van der Waals surface area contributed by atoms with Gasteiger partial charge in [0.15, 0.2) is 0 Å². The first-order valence-corrected chi connectivity index (χ1v) is 6.95. The summed E-state index contributed by atoms with van der Waals surface area (Å²) in [4.78, 5) is 33.4. The number of amides is 3. The van der Waals surface area contributed by atoms with Crippen molar-refractivity contribution in [2.24, 2.45) is 17.2 Å². The van der Waals surface area contributed by atoms with Crippen LogP contribution in [-0.4, -0.2) is 34.7 Å². The average molecular weight is 263 g/mol. The second-order valence-corrected chi connectivity index (χ2v) is 7.85. The molecule has 0 bridgehead atoms. The van der Waals surface area contributed by atoms with Crippen molar-refractivity contribution in [2.75, 3.05) is 0 Å². The maximum Gasteiger partial charge on any atom is 0.227 e. The van der Waals surface area contributed by atoms with Gasteiger partial charge in [0.25, 0.3) is 0 Å². The standard InChI is InChI=1S/C9H18N3O4P/c1-4(7(10)13)17(16,5(2)8(11)14)6(3)9(12)15/h4-6H,1-3H3,(H2,10,13)(H2,11,14)(H2,12,15). The Bertz CT molecular complexity index is 339. The number of hydrogen-bond acceptors (Lipinski definition) is 4. The molecular weight excluding hydrogens is 245 g/mol. The quantitative estimate of drug-likeness (QED) is 0.525. The van der Waals surface area contributed by atoms with Crippen LogP contribution in [-0.2, 0) is 18.9 Å². The Morgan fingerprint density at radius 2 is 0.941 bits per heavy atom. The lowest BCUT2D eigenvalue weighted by Gasteiger charge is -2.30. The zero-order valence-electron chi connectivity index (χ0n) is 10.0. The normalized spacial score (nSPS) is 19.7. The number of rotatable bonds is 6. The molecule has 98 valence electrons. The SMILES string of the molecule is CC(C(N)=O)P(=O)(C(C)C(N)=O)C(C)C(N)=O. The zero-order chi connectivity index (χ0) is 14.0. The summed E-state index contributed by atoms with van der Waals surface area (Å²) in [5, 5.41) is 0. The van der Waals surface area contributed by atoms with E-state index in [-0.39, 0.29) is 0 Å². The molecule has 0 radical (unpaired) electrons. The van der Waals surface area contributed by atoms with Gasteiger partial charge in [-0.15, -0.1) is 0 Å². The lowest BCUT2D eigenvalue weighted by Crippen LogP contribution is -2.41. The van der Waals surface area contributed by atoms with E-state index in [4.69, 9.17) is 17.2 Å². The third-order valence-corrected chi connectivity index (χ3v) is 7.45.